The summed E-state index contributed by atoms with van der Waals surface area (Å²) in [6.45, 7) is 3.72. The fourth-order valence-corrected chi connectivity index (χ4v) is 3.61. The number of hydrogen-bond acceptors (Lipinski definition) is 5. The maximum atomic E-state index is 5.44. The Morgan fingerprint density at radius 2 is 2.20 bits per heavy atom. The minimum absolute atomic E-state index is 0. The van der Waals surface area contributed by atoms with Crippen molar-refractivity contribution >= 4 is 57.2 Å². The monoisotopic (exact) mass is 538 g/mol. The van der Waals surface area contributed by atoms with Crippen LogP contribution in [0.25, 0.3) is 0 Å². The van der Waals surface area contributed by atoms with Crippen molar-refractivity contribution in [1.29, 1.82) is 0 Å². The molecule has 0 saturated carbocycles. The second-order valence-electron chi connectivity index (χ2n) is 5.27. The van der Waals surface area contributed by atoms with Gasteiger partial charge in [0.2, 0.25) is 6.79 Å². The molecule has 25 heavy (non-hydrogen) atoms. The summed E-state index contributed by atoms with van der Waals surface area (Å²) in [5.41, 5.74) is 2.20. The van der Waals surface area contributed by atoms with Crippen molar-refractivity contribution in [1.82, 2.24) is 15.6 Å². The van der Waals surface area contributed by atoms with Gasteiger partial charge >= 0.3 is 0 Å². The number of aromatic nitrogens is 1. The molecular formula is C16H20BrIN4O2S. The highest BCUT2D eigenvalue weighted by atomic mass is 127. The van der Waals surface area contributed by atoms with Crippen LogP contribution in [0.15, 0.2) is 27.0 Å². The summed E-state index contributed by atoms with van der Waals surface area (Å²) in [5, 5.41) is 9.79. The fraction of sp³-hybridized carbons (Fsp3) is 0.375. The molecule has 0 amide bonds. The summed E-state index contributed by atoms with van der Waals surface area (Å²) in [4.78, 5) is 8.70. The molecule has 1 aromatic carbocycles. The SMILES string of the molecule is CN=C(NCCc1csc(C)n1)NCc1cc(Br)c2c(c1)OCO2.I. The van der Waals surface area contributed by atoms with Crippen LogP contribution in [-0.4, -0.2) is 31.3 Å². The topological polar surface area (TPSA) is 67.8 Å². The molecule has 3 rings (SSSR count). The Hall–Kier alpha value is -1.07. The van der Waals surface area contributed by atoms with Crippen LogP contribution in [0.2, 0.25) is 0 Å². The number of rotatable bonds is 5. The van der Waals surface area contributed by atoms with Crippen molar-refractivity contribution in [2.45, 2.75) is 19.9 Å². The van der Waals surface area contributed by atoms with E-state index in [2.05, 4.69) is 41.9 Å². The Balaban J connectivity index is 0.00000225. The number of aryl methyl sites for hydroxylation is 1. The number of ether oxygens (including phenoxy) is 2. The minimum Gasteiger partial charge on any atom is -0.454 e. The van der Waals surface area contributed by atoms with Crippen molar-refractivity contribution in [3.05, 3.63) is 38.3 Å². The molecule has 1 aromatic heterocycles. The zero-order valence-electron chi connectivity index (χ0n) is 14.0. The largest absolute Gasteiger partial charge is 0.454 e. The lowest BCUT2D eigenvalue weighted by atomic mass is 10.2. The smallest absolute Gasteiger partial charge is 0.231 e. The Bertz CT molecular complexity index is 754. The molecule has 136 valence electrons. The van der Waals surface area contributed by atoms with Gasteiger partial charge in [-0.3, -0.25) is 4.99 Å². The summed E-state index contributed by atoms with van der Waals surface area (Å²) >= 11 is 5.18. The first-order valence-electron chi connectivity index (χ1n) is 7.59. The molecule has 0 saturated heterocycles. The number of fused-ring (bicyclic) bond motifs is 1. The second kappa shape index (κ2) is 9.58. The zero-order valence-corrected chi connectivity index (χ0v) is 18.7. The summed E-state index contributed by atoms with van der Waals surface area (Å²) < 4.78 is 11.7. The highest BCUT2D eigenvalue weighted by molar-refractivity contribution is 14.0. The molecule has 0 unspecified atom stereocenters. The van der Waals surface area contributed by atoms with Gasteiger partial charge in [0.25, 0.3) is 0 Å². The van der Waals surface area contributed by atoms with Gasteiger partial charge in [-0.05, 0) is 40.5 Å². The number of hydrogen-bond donors (Lipinski definition) is 2. The molecule has 6 nitrogen and oxygen atoms in total. The van der Waals surface area contributed by atoms with Crippen molar-refractivity contribution in [3.63, 3.8) is 0 Å². The van der Waals surface area contributed by atoms with Crippen molar-refractivity contribution in [2.24, 2.45) is 4.99 Å². The normalized spacial score (nSPS) is 12.7. The molecule has 2 aromatic rings. The van der Waals surface area contributed by atoms with E-state index >= 15 is 0 Å². The van der Waals surface area contributed by atoms with Gasteiger partial charge in [0.15, 0.2) is 17.5 Å². The summed E-state index contributed by atoms with van der Waals surface area (Å²) in [7, 11) is 1.76. The minimum atomic E-state index is 0. The Morgan fingerprint density at radius 1 is 1.36 bits per heavy atom. The first kappa shape index (κ1) is 20.2. The van der Waals surface area contributed by atoms with Crippen LogP contribution in [0, 0.1) is 6.92 Å². The average molecular weight is 539 g/mol. The lowest BCUT2D eigenvalue weighted by Crippen LogP contribution is -2.37. The van der Waals surface area contributed by atoms with Gasteiger partial charge in [0, 0.05) is 31.9 Å². The lowest BCUT2D eigenvalue weighted by Gasteiger charge is -2.12. The van der Waals surface area contributed by atoms with Gasteiger partial charge in [0.05, 0.1) is 15.2 Å². The van der Waals surface area contributed by atoms with Crippen LogP contribution in [0.3, 0.4) is 0 Å². The Labute approximate surface area is 176 Å². The van der Waals surface area contributed by atoms with E-state index in [0.29, 0.717) is 6.54 Å². The summed E-state index contributed by atoms with van der Waals surface area (Å²) in [6, 6.07) is 4.00. The van der Waals surface area contributed by atoms with Crippen molar-refractivity contribution in [3.8, 4) is 11.5 Å². The van der Waals surface area contributed by atoms with Crippen molar-refractivity contribution < 1.29 is 9.47 Å². The average Bonchev–Trinajstić information content (AvgIpc) is 3.19. The molecule has 0 bridgehead atoms. The molecule has 2 heterocycles. The number of guanidine groups is 1. The molecular weight excluding hydrogens is 519 g/mol. The molecule has 1 aliphatic heterocycles. The Kier molecular flexibility index (Phi) is 7.76. The quantitative estimate of drug-likeness (QED) is 0.346. The van der Waals surface area contributed by atoms with Gasteiger partial charge in [-0.1, -0.05) is 0 Å². The molecule has 2 N–H and O–H groups in total. The number of thiazole rings is 1. The van der Waals surface area contributed by atoms with E-state index in [1.54, 1.807) is 18.4 Å². The van der Waals surface area contributed by atoms with Crippen LogP contribution in [-0.2, 0) is 13.0 Å². The van der Waals surface area contributed by atoms with Crippen LogP contribution in [0.1, 0.15) is 16.3 Å². The van der Waals surface area contributed by atoms with Gasteiger partial charge < -0.3 is 20.1 Å². The maximum Gasteiger partial charge on any atom is 0.231 e. The third-order valence-corrected chi connectivity index (χ3v) is 4.92. The molecule has 9 heteroatoms. The molecule has 0 spiro atoms. The third kappa shape index (κ3) is 5.45. The lowest BCUT2D eigenvalue weighted by molar-refractivity contribution is 0.173. The standard InChI is InChI=1S/C16H19BrN4O2S.HI/c1-10-21-12(8-24-10)3-4-19-16(18-2)20-7-11-5-13(17)15-14(6-11)22-9-23-15;/h5-6,8H,3-4,7,9H2,1-2H3,(H2,18,19,20);1H. The van der Waals surface area contributed by atoms with E-state index < -0.39 is 0 Å². The molecule has 0 fully saturated rings. The van der Waals surface area contributed by atoms with Crippen LogP contribution in [0.4, 0.5) is 0 Å². The molecule has 0 radical (unpaired) electrons. The number of nitrogens with zero attached hydrogens (tertiary/aromatic N) is 2. The van der Waals surface area contributed by atoms with Gasteiger partial charge in [-0.2, -0.15) is 0 Å². The highest BCUT2D eigenvalue weighted by Crippen LogP contribution is 2.39. The Morgan fingerprint density at radius 3 is 2.92 bits per heavy atom. The van der Waals surface area contributed by atoms with Gasteiger partial charge in [-0.15, -0.1) is 35.3 Å². The van der Waals surface area contributed by atoms with Gasteiger partial charge in [0.1, 0.15) is 0 Å². The zero-order chi connectivity index (χ0) is 16.9. The molecule has 0 atom stereocenters. The van der Waals surface area contributed by atoms with E-state index in [9.17, 15) is 0 Å². The highest BCUT2D eigenvalue weighted by Gasteiger charge is 2.17. The maximum absolute atomic E-state index is 5.44. The molecule has 1 aliphatic rings. The number of benzene rings is 1. The van der Waals surface area contributed by atoms with Crippen LogP contribution >= 0.6 is 51.2 Å². The van der Waals surface area contributed by atoms with Crippen molar-refractivity contribution in [2.75, 3.05) is 20.4 Å². The van der Waals surface area contributed by atoms with E-state index in [4.69, 9.17) is 9.47 Å². The van der Waals surface area contributed by atoms with Gasteiger partial charge in [-0.25, -0.2) is 4.98 Å². The first-order chi connectivity index (χ1) is 11.7. The van der Waals surface area contributed by atoms with E-state index in [-0.39, 0.29) is 30.8 Å². The third-order valence-electron chi connectivity index (χ3n) is 3.51. The summed E-state index contributed by atoms with van der Waals surface area (Å²) in [6.07, 6.45) is 0.876. The summed E-state index contributed by atoms with van der Waals surface area (Å²) in [5.74, 6) is 2.29. The van der Waals surface area contributed by atoms with E-state index in [1.807, 2.05) is 19.1 Å². The van der Waals surface area contributed by atoms with Crippen LogP contribution < -0.4 is 20.1 Å². The van der Waals surface area contributed by atoms with E-state index in [0.717, 1.165) is 51.2 Å². The van der Waals surface area contributed by atoms with Crippen LogP contribution in [0.5, 0.6) is 11.5 Å². The molecule has 0 aliphatic carbocycles. The van der Waals surface area contributed by atoms with E-state index in [1.165, 1.54) is 0 Å². The number of nitrogens with one attached hydrogen (secondary N) is 2. The predicted octanol–water partition coefficient (Wildman–Crippen LogP) is 3.47. The first-order valence-corrected chi connectivity index (χ1v) is 9.26. The number of halogens is 2. The second-order valence-corrected chi connectivity index (χ2v) is 7.19. The number of aliphatic imine (C=N–C) groups is 1. The predicted molar refractivity (Wildman–Crippen MR) is 114 cm³/mol. The fourth-order valence-electron chi connectivity index (χ4n) is 2.36.